The molecule has 0 saturated heterocycles. The summed E-state index contributed by atoms with van der Waals surface area (Å²) < 4.78 is 40.2. The summed E-state index contributed by atoms with van der Waals surface area (Å²) in [6, 6.07) is 9.66. The number of nitrogens with zero attached hydrogens (tertiary/aromatic N) is 2. The number of hydrogen-bond acceptors (Lipinski definition) is 4. The van der Waals surface area contributed by atoms with Crippen molar-refractivity contribution in [1.82, 2.24) is 9.29 Å². The molecule has 0 amide bonds. The first-order valence-corrected chi connectivity index (χ1v) is 7.96. The third kappa shape index (κ3) is 4.15. The Labute approximate surface area is 129 Å². The van der Waals surface area contributed by atoms with Crippen LogP contribution < -0.4 is 10.0 Å². The van der Waals surface area contributed by atoms with Gasteiger partial charge in [0.05, 0.1) is 11.9 Å². The Morgan fingerprint density at radius 2 is 1.91 bits per heavy atom. The third-order valence-corrected chi connectivity index (χ3v) is 4.36. The zero-order valence-electron chi connectivity index (χ0n) is 12.2. The number of halogens is 1. The zero-order valence-corrected chi connectivity index (χ0v) is 13.1. The van der Waals surface area contributed by atoms with E-state index in [0.717, 1.165) is 4.31 Å². The van der Waals surface area contributed by atoms with Crippen LogP contribution in [0.15, 0.2) is 42.6 Å². The molecule has 0 radical (unpaired) electrons. The molecule has 0 fully saturated rings. The summed E-state index contributed by atoms with van der Waals surface area (Å²) in [6.45, 7) is 0.294. The Morgan fingerprint density at radius 1 is 1.18 bits per heavy atom. The van der Waals surface area contributed by atoms with Gasteiger partial charge in [-0.1, -0.05) is 18.2 Å². The van der Waals surface area contributed by atoms with Gasteiger partial charge in [-0.3, -0.25) is 4.72 Å². The number of anilines is 2. The van der Waals surface area contributed by atoms with Gasteiger partial charge >= 0.3 is 10.2 Å². The van der Waals surface area contributed by atoms with Gasteiger partial charge in [0.1, 0.15) is 11.6 Å². The lowest BCUT2D eigenvalue weighted by molar-refractivity contribution is 0.527. The van der Waals surface area contributed by atoms with Gasteiger partial charge in [0.15, 0.2) is 0 Å². The lowest BCUT2D eigenvalue weighted by Gasteiger charge is -2.13. The fourth-order valence-electron chi connectivity index (χ4n) is 1.63. The highest BCUT2D eigenvalue weighted by Crippen LogP contribution is 2.14. The van der Waals surface area contributed by atoms with E-state index in [2.05, 4.69) is 15.0 Å². The van der Waals surface area contributed by atoms with Crippen molar-refractivity contribution in [2.75, 3.05) is 24.1 Å². The van der Waals surface area contributed by atoms with E-state index in [0.29, 0.717) is 23.6 Å². The molecule has 2 rings (SSSR count). The second-order valence-electron chi connectivity index (χ2n) is 4.77. The molecule has 22 heavy (non-hydrogen) atoms. The van der Waals surface area contributed by atoms with Gasteiger partial charge in [-0.05, 0) is 18.2 Å². The minimum absolute atomic E-state index is 0.287. The average molecular weight is 324 g/mol. The van der Waals surface area contributed by atoms with Crippen molar-refractivity contribution >= 4 is 21.7 Å². The normalized spacial score (nSPS) is 11.5. The molecule has 0 spiro atoms. The van der Waals surface area contributed by atoms with E-state index in [1.54, 1.807) is 30.3 Å². The van der Waals surface area contributed by atoms with Crippen LogP contribution in [0.1, 0.15) is 5.56 Å². The lowest BCUT2D eigenvalue weighted by atomic mass is 10.2. The molecule has 0 unspecified atom stereocenters. The summed E-state index contributed by atoms with van der Waals surface area (Å²) in [5.41, 5.74) is 0.881. The Morgan fingerprint density at radius 3 is 2.50 bits per heavy atom. The van der Waals surface area contributed by atoms with Crippen molar-refractivity contribution in [3.05, 3.63) is 54.0 Å². The SMILES string of the molecule is CN(C)S(=O)(=O)Nc1ccc(NCc2ccccc2F)nc1. The number of hydrogen-bond donors (Lipinski definition) is 2. The van der Waals surface area contributed by atoms with Crippen LogP contribution in [-0.2, 0) is 16.8 Å². The highest BCUT2D eigenvalue weighted by Gasteiger charge is 2.12. The minimum Gasteiger partial charge on any atom is -0.366 e. The molecule has 0 atom stereocenters. The standard InChI is InChI=1S/C14H17FN4O2S/c1-19(2)22(20,21)18-12-7-8-14(17-10-12)16-9-11-5-3-4-6-13(11)15/h3-8,10,18H,9H2,1-2H3,(H,16,17). The maximum Gasteiger partial charge on any atom is 0.301 e. The van der Waals surface area contributed by atoms with E-state index in [1.165, 1.54) is 26.4 Å². The molecule has 118 valence electrons. The summed E-state index contributed by atoms with van der Waals surface area (Å²) in [7, 11) is -0.690. The summed E-state index contributed by atoms with van der Waals surface area (Å²) >= 11 is 0. The smallest absolute Gasteiger partial charge is 0.301 e. The van der Waals surface area contributed by atoms with Gasteiger partial charge in [0.2, 0.25) is 0 Å². The molecule has 6 nitrogen and oxygen atoms in total. The molecule has 2 N–H and O–H groups in total. The van der Waals surface area contributed by atoms with E-state index in [4.69, 9.17) is 0 Å². The molecule has 0 saturated carbocycles. The molecular formula is C14H17FN4O2S. The number of nitrogens with one attached hydrogen (secondary N) is 2. The van der Waals surface area contributed by atoms with Crippen molar-refractivity contribution in [3.63, 3.8) is 0 Å². The van der Waals surface area contributed by atoms with Crippen LogP contribution in [0.4, 0.5) is 15.9 Å². The monoisotopic (exact) mass is 324 g/mol. The van der Waals surface area contributed by atoms with Crippen LogP contribution in [-0.4, -0.2) is 31.8 Å². The van der Waals surface area contributed by atoms with E-state index in [-0.39, 0.29) is 5.82 Å². The average Bonchev–Trinajstić information content (AvgIpc) is 2.47. The zero-order chi connectivity index (χ0) is 16.2. The van der Waals surface area contributed by atoms with Crippen molar-refractivity contribution in [2.45, 2.75) is 6.54 Å². The van der Waals surface area contributed by atoms with Gasteiger partial charge in [-0.15, -0.1) is 0 Å². The molecule has 2 aromatic rings. The van der Waals surface area contributed by atoms with Crippen LogP contribution in [0.2, 0.25) is 0 Å². The van der Waals surface area contributed by atoms with Crippen molar-refractivity contribution in [2.24, 2.45) is 0 Å². The van der Waals surface area contributed by atoms with Gasteiger partial charge in [0.25, 0.3) is 0 Å². The van der Waals surface area contributed by atoms with Crippen molar-refractivity contribution < 1.29 is 12.8 Å². The van der Waals surface area contributed by atoms with Crippen molar-refractivity contribution in [1.29, 1.82) is 0 Å². The summed E-state index contributed by atoms with van der Waals surface area (Å²) in [6.07, 6.45) is 1.39. The van der Waals surface area contributed by atoms with E-state index in [1.807, 2.05) is 0 Å². The van der Waals surface area contributed by atoms with E-state index >= 15 is 0 Å². The van der Waals surface area contributed by atoms with Crippen molar-refractivity contribution in [3.8, 4) is 0 Å². The molecule has 0 aliphatic carbocycles. The molecule has 1 heterocycles. The highest BCUT2D eigenvalue weighted by molar-refractivity contribution is 7.90. The van der Waals surface area contributed by atoms with Crippen LogP contribution in [0, 0.1) is 5.82 Å². The second-order valence-corrected chi connectivity index (χ2v) is 6.65. The predicted octanol–water partition coefficient (Wildman–Crippen LogP) is 2.05. The quantitative estimate of drug-likeness (QED) is 0.853. The Balaban J connectivity index is 1.99. The first-order valence-electron chi connectivity index (χ1n) is 6.52. The number of benzene rings is 1. The Hall–Kier alpha value is -2.19. The molecule has 8 heteroatoms. The van der Waals surface area contributed by atoms with Gasteiger partial charge in [0, 0.05) is 26.2 Å². The summed E-state index contributed by atoms with van der Waals surface area (Å²) in [5, 5.41) is 2.98. The molecular weight excluding hydrogens is 307 g/mol. The largest absolute Gasteiger partial charge is 0.366 e. The number of aromatic nitrogens is 1. The van der Waals surface area contributed by atoms with Crippen LogP contribution in [0.5, 0.6) is 0 Å². The Bertz CT molecular complexity index is 733. The number of pyridine rings is 1. The maximum absolute atomic E-state index is 13.5. The van der Waals surface area contributed by atoms with E-state index < -0.39 is 10.2 Å². The molecule has 1 aromatic heterocycles. The fraction of sp³-hybridized carbons (Fsp3) is 0.214. The topological polar surface area (TPSA) is 74.3 Å². The lowest BCUT2D eigenvalue weighted by Crippen LogP contribution is -2.28. The summed E-state index contributed by atoms with van der Waals surface area (Å²) in [5.74, 6) is 0.237. The second kappa shape index (κ2) is 6.71. The molecule has 0 aliphatic rings. The minimum atomic E-state index is -3.55. The summed E-state index contributed by atoms with van der Waals surface area (Å²) in [4.78, 5) is 4.09. The molecule has 1 aromatic carbocycles. The predicted molar refractivity (Wildman–Crippen MR) is 84.2 cm³/mol. The maximum atomic E-state index is 13.5. The first kappa shape index (κ1) is 16.2. The van der Waals surface area contributed by atoms with Gasteiger partial charge in [-0.2, -0.15) is 12.7 Å². The van der Waals surface area contributed by atoms with Crippen LogP contribution in [0.25, 0.3) is 0 Å². The third-order valence-electron chi connectivity index (χ3n) is 2.91. The fourth-order valence-corrected chi connectivity index (χ4v) is 2.23. The molecule has 0 aliphatic heterocycles. The Kier molecular flexibility index (Phi) is 4.94. The van der Waals surface area contributed by atoms with Crippen LogP contribution >= 0.6 is 0 Å². The first-order chi connectivity index (χ1) is 10.4. The van der Waals surface area contributed by atoms with Gasteiger partial charge in [-0.25, -0.2) is 9.37 Å². The van der Waals surface area contributed by atoms with Gasteiger partial charge < -0.3 is 5.32 Å². The number of rotatable bonds is 6. The van der Waals surface area contributed by atoms with E-state index in [9.17, 15) is 12.8 Å². The highest BCUT2D eigenvalue weighted by atomic mass is 32.2. The molecule has 0 bridgehead atoms. The van der Waals surface area contributed by atoms with Crippen LogP contribution in [0.3, 0.4) is 0 Å².